The lowest BCUT2D eigenvalue weighted by molar-refractivity contribution is -0.151. The van der Waals surface area contributed by atoms with Crippen LogP contribution in [0, 0.1) is 5.92 Å². The highest BCUT2D eigenvalue weighted by atomic mass is 16.2. The summed E-state index contributed by atoms with van der Waals surface area (Å²) in [5.74, 6) is 0.484. The number of rotatable bonds is 4. The van der Waals surface area contributed by atoms with Gasteiger partial charge in [-0.3, -0.25) is 19.6 Å². The molecule has 1 aliphatic heterocycles. The molecule has 1 aromatic rings. The molecule has 2 heterocycles. The Morgan fingerprint density at radius 2 is 2.14 bits per heavy atom. The van der Waals surface area contributed by atoms with E-state index in [1.54, 1.807) is 42.5 Å². The fourth-order valence-corrected chi connectivity index (χ4v) is 3.32. The highest BCUT2D eigenvalue weighted by molar-refractivity contribution is 5.92. The molecule has 6 nitrogen and oxygen atoms in total. The molecule has 0 radical (unpaired) electrons. The summed E-state index contributed by atoms with van der Waals surface area (Å²) < 4.78 is 0. The van der Waals surface area contributed by atoms with Crippen molar-refractivity contribution >= 4 is 11.8 Å². The van der Waals surface area contributed by atoms with Crippen LogP contribution in [0.4, 0.5) is 0 Å². The molecule has 1 aliphatic carbocycles. The largest absolute Gasteiger partial charge is 0.346 e. The minimum absolute atomic E-state index is 0.0702. The lowest BCUT2D eigenvalue weighted by Crippen LogP contribution is -2.55. The van der Waals surface area contributed by atoms with Crippen molar-refractivity contribution in [1.29, 1.82) is 0 Å². The molecule has 0 N–H and O–H groups in total. The van der Waals surface area contributed by atoms with Crippen molar-refractivity contribution < 1.29 is 9.59 Å². The molecule has 1 unspecified atom stereocenters. The maximum atomic E-state index is 12.9. The SMILES string of the molecule is CN(C)C(=O)C1(c2cnccn2)CCCN1C(=O)CC1CC1. The summed E-state index contributed by atoms with van der Waals surface area (Å²) in [6.45, 7) is 0.613. The van der Waals surface area contributed by atoms with Crippen LogP contribution < -0.4 is 0 Å². The van der Waals surface area contributed by atoms with Crippen molar-refractivity contribution in [2.45, 2.75) is 37.6 Å². The number of carbonyl (C=O) groups excluding carboxylic acids is 2. The molecule has 6 heteroatoms. The highest BCUT2D eigenvalue weighted by Crippen LogP contribution is 2.41. The van der Waals surface area contributed by atoms with Gasteiger partial charge in [-0.25, -0.2) is 0 Å². The van der Waals surface area contributed by atoms with E-state index in [0.717, 1.165) is 19.3 Å². The lowest BCUT2D eigenvalue weighted by Gasteiger charge is -2.38. The van der Waals surface area contributed by atoms with E-state index in [-0.39, 0.29) is 11.8 Å². The Labute approximate surface area is 130 Å². The molecule has 2 fully saturated rings. The molecule has 22 heavy (non-hydrogen) atoms. The fraction of sp³-hybridized carbons (Fsp3) is 0.625. The molecule has 118 valence electrons. The topological polar surface area (TPSA) is 66.4 Å². The molecule has 1 atom stereocenters. The number of hydrogen-bond donors (Lipinski definition) is 0. The van der Waals surface area contributed by atoms with Crippen LogP contribution in [-0.4, -0.2) is 52.2 Å². The first-order chi connectivity index (χ1) is 10.6. The Kier molecular flexibility index (Phi) is 3.85. The van der Waals surface area contributed by atoms with Crippen molar-refractivity contribution in [3.05, 3.63) is 24.3 Å². The minimum atomic E-state index is -0.982. The van der Waals surface area contributed by atoms with Gasteiger partial charge in [0.15, 0.2) is 5.54 Å². The Hall–Kier alpha value is -1.98. The van der Waals surface area contributed by atoms with Crippen molar-refractivity contribution in [2.24, 2.45) is 5.92 Å². The summed E-state index contributed by atoms with van der Waals surface area (Å²) in [4.78, 5) is 37.4. The van der Waals surface area contributed by atoms with E-state index in [1.807, 2.05) is 0 Å². The summed E-state index contributed by atoms with van der Waals surface area (Å²) in [7, 11) is 3.45. The predicted octanol–water partition coefficient (Wildman–Crippen LogP) is 1.18. The van der Waals surface area contributed by atoms with E-state index in [2.05, 4.69) is 9.97 Å². The normalized spacial score (nSPS) is 24.4. The summed E-state index contributed by atoms with van der Waals surface area (Å²) in [6, 6.07) is 0. The van der Waals surface area contributed by atoms with Crippen molar-refractivity contribution in [3.63, 3.8) is 0 Å². The summed E-state index contributed by atoms with van der Waals surface area (Å²) in [5, 5.41) is 0. The lowest BCUT2D eigenvalue weighted by atomic mass is 9.90. The number of likely N-dealkylation sites (N-methyl/N-ethyl adjacent to an activating group) is 1. The first-order valence-corrected chi connectivity index (χ1v) is 7.84. The van der Waals surface area contributed by atoms with Crippen LogP contribution in [0.5, 0.6) is 0 Å². The second-order valence-electron chi connectivity index (χ2n) is 6.45. The Bertz CT molecular complexity index is 571. The van der Waals surface area contributed by atoms with Gasteiger partial charge >= 0.3 is 0 Å². The first kappa shape index (κ1) is 14.9. The van der Waals surface area contributed by atoms with E-state index in [9.17, 15) is 9.59 Å². The molecule has 1 saturated carbocycles. The maximum Gasteiger partial charge on any atom is 0.254 e. The molecular formula is C16H22N4O2. The molecule has 2 amide bonds. The third-order valence-corrected chi connectivity index (χ3v) is 4.59. The third kappa shape index (κ3) is 2.46. The van der Waals surface area contributed by atoms with Gasteiger partial charge in [-0.1, -0.05) is 0 Å². The van der Waals surface area contributed by atoms with Crippen molar-refractivity contribution in [1.82, 2.24) is 19.8 Å². The number of aromatic nitrogens is 2. The molecular weight excluding hydrogens is 280 g/mol. The van der Waals surface area contributed by atoms with Gasteiger partial charge in [0, 0.05) is 39.5 Å². The van der Waals surface area contributed by atoms with Crippen molar-refractivity contribution in [2.75, 3.05) is 20.6 Å². The van der Waals surface area contributed by atoms with Crippen LogP contribution in [0.1, 0.15) is 37.8 Å². The second kappa shape index (κ2) is 5.66. The van der Waals surface area contributed by atoms with Gasteiger partial charge in [0.2, 0.25) is 5.91 Å². The summed E-state index contributed by atoms with van der Waals surface area (Å²) in [6.07, 6.45) is 9.00. The number of likely N-dealkylation sites (tertiary alicyclic amines) is 1. The van der Waals surface area contributed by atoms with Crippen LogP contribution in [0.3, 0.4) is 0 Å². The molecule has 2 aliphatic rings. The van der Waals surface area contributed by atoms with E-state index >= 15 is 0 Å². The average molecular weight is 302 g/mol. The van der Waals surface area contributed by atoms with E-state index < -0.39 is 5.54 Å². The molecule has 0 aromatic carbocycles. The molecule has 1 aromatic heterocycles. The Morgan fingerprint density at radius 1 is 1.36 bits per heavy atom. The van der Waals surface area contributed by atoms with Gasteiger partial charge in [-0.05, 0) is 31.6 Å². The smallest absolute Gasteiger partial charge is 0.254 e. The second-order valence-corrected chi connectivity index (χ2v) is 6.45. The quantitative estimate of drug-likeness (QED) is 0.838. The molecule has 1 saturated heterocycles. The Balaban J connectivity index is 2.00. The zero-order valence-corrected chi connectivity index (χ0v) is 13.2. The van der Waals surface area contributed by atoms with Crippen LogP contribution in [0.25, 0.3) is 0 Å². The monoisotopic (exact) mass is 302 g/mol. The number of nitrogens with zero attached hydrogens (tertiary/aromatic N) is 4. The summed E-state index contributed by atoms with van der Waals surface area (Å²) in [5.41, 5.74) is -0.403. The summed E-state index contributed by atoms with van der Waals surface area (Å²) >= 11 is 0. The average Bonchev–Trinajstić information content (AvgIpc) is 3.21. The zero-order valence-electron chi connectivity index (χ0n) is 13.2. The molecule has 0 spiro atoms. The van der Waals surface area contributed by atoms with E-state index in [0.29, 0.717) is 31.0 Å². The third-order valence-electron chi connectivity index (χ3n) is 4.59. The number of carbonyl (C=O) groups is 2. The van der Waals surface area contributed by atoms with Crippen LogP contribution in [0.15, 0.2) is 18.6 Å². The van der Waals surface area contributed by atoms with E-state index in [4.69, 9.17) is 0 Å². The van der Waals surface area contributed by atoms with Gasteiger partial charge in [-0.15, -0.1) is 0 Å². The van der Waals surface area contributed by atoms with Gasteiger partial charge in [0.1, 0.15) is 0 Å². The van der Waals surface area contributed by atoms with Gasteiger partial charge in [0.25, 0.3) is 5.91 Å². The first-order valence-electron chi connectivity index (χ1n) is 7.84. The molecule has 3 rings (SSSR count). The van der Waals surface area contributed by atoms with Crippen LogP contribution >= 0.6 is 0 Å². The standard InChI is InChI=1S/C16H22N4O2/c1-19(2)15(22)16(13-11-17-7-8-18-13)6-3-9-20(16)14(21)10-12-4-5-12/h7-8,11-12H,3-6,9-10H2,1-2H3. The van der Waals surface area contributed by atoms with Gasteiger partial charge < -0.3 is 9.80 Å². The predicted molar refractivity (Wildman–Crippen MR) is 80.7 cm³/mol. The maximum absolute atomic E-state index is 12.9. The molecule has 0 bridgehead atoms. The minimum Gasteiger partial charge on any atom is -0.346 e. The number of amides is 2. The Morgan fingerprint density at radius 3 is 2.73 bits per heavy atom. The van der Waals surface area contributed by atoms with Crippen LogP contribution in [0.2, 0.25) is 0 Å². The van der Waals surface area contributed by atoms with Gasteiger partial charge in [0.05, 0.1) is 11.9 Å². The van der Waals surface area contributed by atoms with Crippen molar-refractivity contribution in [3.8, 4) is 0 Å². The van der Waals surface area contributed by atoms with E-state index in [1.165, 1.54) is 0 Å². The zero-order chi connectivity index (χ0) is 15.7. The number of hydrogen-bond acceptors (Lipinski definition) is 4. The fourth-order valence-electron chi connectivity index (χ4n) is 3.32. The highest BCUT2D eigenvalue weighted by Gasteiger charge is 2.53. The van der Waals surface area contributed by atoms with Crippen LogP contribution in [-0.2, 0) is 15.1 Å². The van der Waals surface area contributed by atoms with Gasteiger partial charge in [-0.2, -0.15) is 0 Å².